The Morgan fingerprint density at radius 2 is 1.97 bits per heavy atom. The Kier molecular flexibility index (Phi) is 6.73. The fourth-order valence-electron chi connectivity index (χ4n) is 3.60. The van der Waals surface area contributed by atoms with Gasteiger partial charge in [-0.2, -0.15) is 4.31 Å². The molecule has 4 rings (SSSR count). The summed E-state index contributed by atoms with van der Waals surface area (Å²) in [4.78, 5) is 20.6. The summed E-state index contributed by atoms with van der Waals surface area (Å²) < 4.78 is 32.6. The van der Waals surface area contributed by atoms with Crippen LogP contribution in [-0.2, 0) is 14.8 Å². The zero-order valence-electron chi connectivity index (χ0n) is 18.0. The number of methoxy groups -OCH3 is 1. The number of thioether (sulfide) groups is 1. The van der Waals surface area contributed by atoms with Crippen molar-refractivity contribution in [3.05, 3.63) is 42.5 Å². The van der Waals surface area contributed by atoms with Crippen molar-refractivity contribution in [3.8, 4) is 5.75 Å². The minimum Gasteiger partial charge on any atom is -0.497 e. The van der Waals surface area contributed by atoms with Crippen LogP contribution in [0.5, 0.6) is 5.75 Å². The Hall–Kier alpha value is -2.56. The first-order valence-corrected chi connectivity index (χ1v) is 12.8. The first-order chi connectivity index (χ1) is 15.4. The van der Waals surface area contributed by atoms with Gasteiger partial charge in [0, 0.05) is 24.8 Å². The van der Waals surface area contributed by atoms with Crippen LogP contribution in [0.4, 0.5) is 5.69 Å². The lowest BCUT2D eigenvalue weighted by Gasteiger charge is -2.26. The molecule has 3 aromatic rings. The van der Waals surface area contributed by atoms with Crippen LogP contribution in [0.25, 0.3) is 11.0 Å². The van der Waals surface area contributed by atoms with Gasteiger partial charge in [0.2, 0.25) is 15.9 Å². The first kappa shape index (κ1) is 22.6. The van der Waals surface area contributed by atoms with Crippen LogP contribution in [-0.4, -0.2) is 54.0 Å². The number of piperidine rings is 1. The van der Waals surface area contributed by atoms with Crippen LogP contribution in [0.3, 0.4) is 0 Å². The molecule has 2 heterocycles. The van der Waals surface area contributed by atoms with Crippen molar-refractivity contribution in [1.82, 2.24) is 14.3 Å². The van der Waals surface area contributed by atoms with Gasteiger partial charge >= 0.3 is 0 Å². The summed E-state index contributed by atoms with van der Waals surface area (Å²) in [5.41, 5.74) is 2.07. The number of fused-ring (bicyclic) bond motifs is 1. The van der Waals surface area contributed by atoms with Gasteiger partial charge < -0.3 is 15.0 Å². The Labute approximate surface area is 191 Å². The normalized spacial score (nSPS) is 16.1. The molecule has 1 fully saturated rings. The molecule has 1 aliphatic rings. The molecular weight excluding hydrogens is 448 g/mol. The van der Waals surface area contributed by atoms with Gasteiger partial charge in [0.15, 0.2) is 5.16 Å². The van der Waals surface area contributed by atoms with Crippen molar-refractivity contribution in [2.75, 3.05) is 25.5 Å². The van der Waals surface area contributed by atoms with Crippen LogP contribution < -0.4 is 10.1 Å². The van der Waals surface area contributed by atoms with Gasteiger partial charge in [-0.25, -0.2) is 13.4 Å². The van der Waals surface area contributed by atoms with E-state index < -0.39 is 15.3 Å². The number of H-pyrrole nitrogens is 1. The summed E-state index contributed by atoms with van der Waals surface area (Å²) >= 11 is 1.30. The van der Waals surface area contributed by atoms with Crippen molar-refractivity contribution in [2.24, 2.45) is 0 Å². The summed E-state index contributed by atoms with van der Waals surface area (Å²) in [6.45, 7) is 2.86. The standard InChI is InChI=1S/C22H26N4O4S2/c1-15(31-22-24-19-10-9-17(30-2)14-20(19)25-22)21(27)23-16-7-6-8-18(13-16)32(28,29)26-11-4-3-5-12-26/h6-10,13-15H,3-5,11-12H2,1-2H3,(H,23,27)(H,24,25). The number of imidazole rings is 1. The Morgan fingerprint density at radius 1 is 1.19 bits per heavy atom. The van der Waals surface area contributed by atoms with E-state index in [-0.39, 0.29) is 10.8 Å². The number of nitrogens with zero attached hydrogens (tertiary/aromatic N) is 2. The van der Waals surface area contributed by atoms with Crippen molar-refractivity contribution in [3.63, 3.8) is 0 Å². The van der Waals surface area contributed by atoms with Gasteiger partial charge in [0.1, 0.15) is 5.75 Å². The number of ether oxygens (including phenoxy) is 1. The number of hydrogen-bond acceptors (Lipinski definition) is 6. The first-order valence-electron chi connectivity index (χ1n) is 10.5. The SMILES string of the molecule is COc1ccc2nc(SC(C)C(=O)Nc3cccc(S(=O)(=O)N4CCCCC4)c3)[nH]c2c1. The van der Waals surface area contributed by atoms with Gasteiger partial charge in [-0.3, -0.25) is 4.79 Å². The number of carbonyl (C=O) groups is 1. The quantitative estimate of drug-likeness (QED) is 0.504. The molecule has 1 unspecified atom stereocenters. The third-order valence-corrected chi connectivity index (χ3v) is 8.26. The van der Waals surface area contributed by atoms with E-state index in [1.807, 2.05) is 18.2 Å². The second-order valence-electron chi connectivity index (χ2n) is 7.67. The lowest BCUT2D eigenvalue weighted by atomic mass is 10.2. The molecule has 0 radical (unpaired) electrons. The van der Waals surface area contributed by atoms with Gasteiger partial charge in [-0.15, -0.1) is 0 Å². The minimum absolute atomic E-state index is 0.198. The summed E-state index contributed by atoms with van der Waals surface area (Å²) in [7, 11) is -1.95. The van der Waals surface area contributed by atoms with Crippen molar-refractivity contribution >= 4 is 44.4 Å². The minimum atomic E-state index is -3.56. The Bertz CT molecular complexity index is 1220. The number of nitrogens with one attached hydrogen (secondary N) is 2. The molecule has 0 bridgehead atoms. The van der Waals surface area contributed by atoms with E-state index in [4.69, 9.17) is 4.74 Å². The number of aromatic nitrogens is 2. The number of sulfonamides is 1. The van der Waals surface area contributed by atoms with Gasteiger partial charge in [0.05, 0.1) is 28.3 Å². The number of benzene rings is 2. The fraction of sp³-hybridized carbons (Fsp3) is 0.364. The second kappa shape index (κ2) is 9.51. The maximum atomic E-state index is 12.9. The van der Waals surface area contributed by atoms with Crippen LogP contribution in [0.1, 0.15) is 26.2 Å². The maximum absolute atomic E-state index is 12.9. The average Bonchev–Trinajstić information content (AvgIpc) is 3.21. The van der Waals surface area contributed by atoms with E-state index in [0.717, 1.165) is 36.0 Å². The molecule has 0 aliphatic carbocycles. The third kappa shape index (κ3) is 4.92. The molecular formula is C22H26N4O4S2. The largest absolute Gasteiger partial charge is 0.497 e. The zero-order valence-corrected chi connectivity index (χ0v) is 19.6. The third-order valence-electron chi connectivity index (χ3n) is 5.38. The molecule has 1 atom stereocenters. The van der Waals surface area contributed by atoms with Gasteiger partial charge in [-0.05, 0) is 50.1 Å². The highest BCUT2D eigenvalue weighted by Crippen LogP contribution is 2.27. The molecule has 1 amide bonds. The molecule has 170 valence electrons. The van der Waals surface area contributed by atoms with E-state index in [9.17, 15) is 13.2 Å². The fourth-order valence-corrected chi connectivity index (χ4v) is 5.99. The molecule has 1 aromatic heterocycles. The number of anilines is 1. The van der Waals surface area contributed by atoms with Crippen LogP contribution in [0.15, 0.2) is 52.5 Å². The van der Waals surface area contributed by atoms with Crippen LogP contribution in [0.2, 0.25) is 0 Å². The molecule has 10 heteroatoms. The Morgan fingerprint density at radius 3 is 2.72 bits per heavy atom. The number of hydrogen-bond donors (Lipinski definition) is 2. The highest BCUT2D eigenvalue weighted by Gasteiger charge is 2.26. The van der Waals surface area contributed by atoms with E-state index in [0.29, 0.717) is 23.9 Å². The Balaban J connectivity index is 1.44. The lowest BCUT2D eigenvalue weighted by Crippen LogP contribution is -2.35. The molecule has 0 spiro atoms. The molecule has 1 saturated heterocycles. The summed E-state index contributed by atoms with van der Waals surface area (Å²) in [5.74, 6) is 0.489. The number of amides is 1. The summed E-state index contributed by atoms with van der Waals surface area (Å²) in [6, 6.07) is 12.0. The van der Waals surface area contributed by atoms with Crippen molar-refractivity contribution in [1.29, 1.82) is 0 Å². The topological polar surface area (TPSA) is 104 Å². The molecule has 32 heavy (non-hydrogen) atoms. The molecule has 2 N–H and O–H groups in total. The van der Waals surface area contributed by atoms with E-state index in [2.05, 4.69) is 15.3 Å². The van der Waals surface area contributed by atoms with Crippen molar-refractivity contribution < 1.29 is 17.9 Å². The van der Waals surface area contributed by atoms with Crippen LogP contribution >= 0.6 is 11.8 Å². The zero-order chi connectivity index (χ0) is 22.7. The second-order valence-corrected chi connectivity index (χ2v) is 10.9. The number of aromatic amines is 1. The molecule has 1 aliphatic heterocycles. The number of carbonyl (C=O) groups excluding carboxylic acids is 1. The van der Waals surface area contributed by atoms with Crippen LogP contribution in [0, 0.1) is 0 Å². The highest BCUT2D eigenvalue weighted by atomic mass is 32.2. The summed E-state index contributed by atoms with van der Waals surface area (Å²) in [5, 5.41) is 3.00. The van der Waals surface area contributed by atoms with Gasteiger partial charge in [0.25, 0.3) is 0 Å². The molecule has 0 saturated carbocycles. The van der Waals surface area contributed by atoms with E-state index in [1.165, 1.54) is 22.1 Å². The van der Waals surface area contributed by atoms with Gasteiger partial charge in [-0.1, -0.05) is 24.2 Å². The monoisotopic (exact) mass is 474 g/mol. The smallest absolute Gasteiger partial charge is 0.243 e. The van der Waals surface area contributed by atoms with E-state index >= 15 is 0 Å². The maximum Gasteiger partial charge on any atom is 0.243 e. The predicted molar refractivity (Wildman–Crippen MR) is 126 cm³/mol. The predicted octanol–water partition coefficient (Wildman–Crippen LogP) is 3.87. The molecule has 2 aromatic carbocycles. The summed E-state index contributed by atoms with van der Waals surface area (Å²) in [6.07, 6.45) is 2.80. The number of rotatable bonds is 7. The average molecular weight is 475 g/mol. The molecule has 8 nitrogen and oxygen atoms in total. The highest BCUT2D eigenvalue weighted by molar-refractivity contribution is 8.00. The lowest BCUT2D eigenvalue weighted by molar-refractivity contribution is -0.115. The van der Waals surface area contributed by atoms with E-state index in [1.54, 1.807) is 32.2 Å². The van der Waals surface area contributed by atoms with Crippen molar-refractivity contribution in [2.45, 2.75) is 41.5 Å².